The molecule has 3 rings (SSSR count). The molecule has 0 unspecified atom stereocenters. The lowest BCUT2D eigenvalue weighted by molar-refractivity contribution is -0.113. The molecule has 1 aliphatic heterocycles. The van der Waals surface area contributed by atoms with E-state index >= 15 is 0 Å². The van der Waals surface area contributed by atoms with Gasteiger partial charge in [-0.3, -0.25) is 19.4 Å². The highest BCUT2D eigenvalue weighted by atomic mass is 32.2. The van der Waals surface area contributed by atoms with Crippen molar-refractivity contribution in [2.45, 2.75) is 25.1 Å². The second-order valence-electron chi connectivity index (χ2n) is 5.50. The molecule has 6 nitrogen and oxygen atoms in total. The smallest absolute Gasteiger partial charge is 0.270 e. The number of anilines is 1. The van der Waals surface area contributed by atoms with E-state index < -0.39 is 0 Å². The predicted octanol–water partition coefficient (Wildman–Crippen LogP) is 2.24. The van der Waals surface area contributed by atoms with Gasteiger partial charge in [-0.2, -0.15) is 0 Å². The number of benzene rings is 1. The minimum atomic E-state index is -0.301. The van der Waals surface area contributed by atoms with Crippen LogP contribution in [0.3, 0.4) is 0 Å². The molecular formula is C15H17N3O3S. The van der Waals surface area contributed by atoms with Crippen molar-refractivity contribution in [1.82, 2.24) is 9.78 Å². The van der Waals surface area contributed by atoms with Gasteiger partial charge in [-0.05, 0) is 31.5 Å². The fourth-order valence-electron chi connectivity index (χ4n) is 2.58. The number of thioether (sulfide) groups is 1. The van der Waals surface area contributed by atoms with Gasteiger partial charge in [0.1, 0.15) is 11.6 Å². The maximum atomic E-state index is 12.4. The second-order valence-corrected chi connectivity index (χ2v) is 6.59. The van der Waals surface area contributed by atoms with Crippen LogP contribution in [-0.2, 0) is 4.79 Å². The zero-order valence-electron chi connectivity index (χ0n) is 12.3. The lowest BCUT2D eigenvalue weighted by Gasteiger charge is -2.15. The van der Waals surface area contributed by atoms with E-state index in [0.29, 0.717) is 11.4 Å². The third-order valence-corrected chi connectivity index (χ3v) is 4.82. The van der Waals surface area contributed by atoms with Crippen LogP contribution >= 0.6 is 11.8 Å². The summed E-state index contributed by atoms with van der Waals surface area (Å²) < 4.78 is 1.68. The Bertz CT molecular complexity index is 779. The van der Waals surface area contributed by atoms with Gasteiger partial charge in [0.05, 0.1) is 16.6 Å². The topological polar surface area (TPSA) is 87.1 Å². The summed E-state index contributed by atoms with van der Waals surface area (Å²) in [5, 5.41) is 15.0. The highest BCUT2D eigenvalue weighted by Gasteiger charge is 2.30. The number of hydrogen-bond donors (Lipinski definition) is 3. The number of hydrogen-bond acceptors (Lipinski definition) is 4. The van der Waals surface area contributed by atoms with Crippen LogP contribution in [0.5, 0.6) is 5.75 Å². The summed E-state index contributed by atoms with van der Waals surface area (Å²) >= 11 is 1.38. The van der Waals surface area contributed by atoms with Crippen LogP contribution in [0, 0.1) is 0 Å². The molecule has 2 heterocycles. The summed E-state index contributed by atoms with van der Waals surface area (Å²) in [6, 6.07) is 6.81. The molecule has 0 bridgehead atoms. The average molecular weight is 319 g/mol. The highest BCUT2D eigenvalue weighted by molar-refractivity contribution is 8.00. The molecule has 1 aliphatic rings. The Balaban J connectivity index is 2.19. The average Bonchev–Trinajstić information content (AvgIpc) is 2.67. The molecule has 0 saturated carbocycles. The van der Waals surface area contributed by atoms with Crippen LogP contribution in [0.25, 0.3) is 0 Å². The van der Waals surface area contributed by atoms with Gasteiger partial charge in [0.15, 0.2) is 0 Å². The number of phenols is 1. The van der Waals surface area contributed by atoms with Crippen LogP contribution in [0.1, 0.15) is 36.3 Å². The van der Waals surface area contributed by atoms with E-state index in [9.17, 15) is 14.7 Å². The summed E-state index contributed by atoms with van der Waals surface area (Å²) in [4.78, 5) is 24.4. The number of carbonyl (C=O) groups excluding carboxylic acids is 1. The van der Waals surface area contributed by atoms with Crippen molar-refractivity contribution < 1.29 is 9.90 Å². The van der Waals surface area contributed by atoms with Crippen LogP contribution in [0.4, 0.5) is 5.82 Å². The van der Waals surface area contributed by atoms with E-state index in [0.717, 1.165) is 5.56 Å². The Labute approximate surface area is 131 Å². The van der Waals surface area contributed by atoms with E-state index in [2.05, 4.69) is 10.4 Å². The number of H-pyrrole nitrogens is 1. The maximum Gasteiger partial charge on any atom is 0.270 e. The predicted molar refractivity (Wildman–Crippen MR) is 86.5 cm³/mol. The molecule has 0 radical (unpaired) electrons. The van der Waals surface area contributed by atoms with Gasteiger partial charge < -0.3 is 10.4 Å². The summed E-state index contributed by atoms with van der Waals surface area (Å²) in [5.74, 6) is 0.778. The van der Waals surface area contributed by atoms with Crippen molar-refractivity contribution in [3.63, 3.8) is 0 Å². The number of fused-ring (bicyclic) bond motifs is 1. The Morgan fingerprint density at radius 2 is 2.14 bits per heavy atom. The summed E-state index contributed by atoms with van der Waals surface area (Å²) in [6.45, 7) is 3.87. The zero-order chi connectivity index (χ0) is 15.9. The first-order valence-corrected chi connectivity index (χ1v) is 8.07. The normalized spacial score (nSPS) is 18.0. The third kappa shape index (κ3) is 2.52. The molecule has 2 aromatic rings. The van der Waals surface area contributed by atoms with Crippen molar-refractivity contribution in [2.75, 3.05) is 11.1 Å². The van der Waals surface area contributed by atoms with Gasteiger partial charge in [0, 0.05) is 6.04 Å². The highest BCUT2D eigenvalue weighted by Crippen LogP contribution is 2.40. The molecule has 0 spiro atoms. The van der Waals surface area contributed by atoms with E-state index in [-0.39, 0.29) is 34.3 Å². The van der Waals surface area contributed by atoms with Gasteiger partial charge in [-0.25, -0.2) is 0 Å². The molecule has 1 aromatic heterocycles. The monoisotopic (exact) mass is 319 g/mol. The van der Waals surface area contributed by atoms with E-state index in [4.69, 9.17) is 0 Å². The van der Waals surface area contributed by atoms with Gasteiger partial charge in [0.25, 0.3) is 5.56 Å². The van der Waals surface area contributed by atoms with Crippen LogP contribution < -0.4 is 10.9 Å². The first-order valence-electron chi connectivity index (χ1n) is 7.02. The molecule has 1 atom stereocenters. The molecule has 0 aliphatic carbocycles. The van der Waals surface area contributed by atoms with Gasteiger partial charge in [-0.1, -0.05) is 12.1 Å². The Morgan fingerprint density at radius 1 is 1.36 bits per heavy atom. The van der Waals surface area contributed by atoms with Gasteiger partial charge >= 0.3 is 0 Å². The number of nitrogens with zero attached hydrogens (tertiary/aromatic N) is 1. The second kappa shape index (κ2) is 5.57. The molecule has 22 heavy (non-hydrogen) atoms. The number of aromatic nitrogens is 2. The van der Waals surface area contributed by atoms with Gasteiger partial charge in [-0.15, -0.1) is 11.8 Å². The molecule has 3 N–H and O–H groups in total. The fourth-order valence-corrected chi connectivity index (χ4v) is 3.70. The summed E-state index contributed by atoms with van der Waals surface area (Å²) in [5.41, 5.74) is 1.11. The number of rotatable bonds is 2. The Hall–Kier alpha value is -2.15. The van der Waals surface area contributed by atoms with Crippen LogP contribution in [0.15, 0.2) is 29.1 Å². The van der Waals surface area contributed by atoms with E-state index in [1.54, 1.807) is 22.9 Å². The van der Waals surface area contributed by atoms with Gasteiger partial charge in [0.2, 0.25) is 5.91 Å². The van der Waals surface area contributed by atoms with E-state index in [1.807, 2.05) is 19.9 Å². The first kappa shape index (κ1) is 14.8. The number of aromatic hydroxyl groups is 1. The minimum Gasteiger partial charge on any atom is -0.508 e. The zero-order valence-corrected chi connectivity index (χ0v) is 13.1. The fraction of sp³-hybridized carbons (Fsp3) is 0.333. The Morgan fingerprint density at radius 3 is 2.82 bits per heavy atom. The SMILES string of the molecule is CC(C)n1[nH]c(=O)c2c1NC(=O)CS[C@H]2c1cccc(O)c1. The number of amides is 1. The van der Waals surface area contributed by atoms with Crippen molar-refractivity contribution >= 4 is 23.5 Å². The van der Waals surface area contributed by atoms with Crippen LogP contribution in [0.2, 0.25) is 0 Å². The molecule has 7 heteroatoms. The maximum absolute atomic E-state index is 12.4. The molecule has 1 amide bonds. The molecule has 0 saturated heterocycles. The standard InChI is InChI=1S/C15H17N3O3S/c1-8(2)18-14-12(15(21)17-18)13(22-7-11(20)16-14)9-4-3-5-10(19)6-9/h3-6,8,13,19H,7H2,1-2H3,(H,16,20)(H,17,21)/t13-/m0/s1. The molecule has 116 valence electrons. The Kier molecular flexibility index (Phi) is 3.74. The first-order chi connectivity index (χ1) is 10.5. The number of carbonyl (C=O) groups is 1. The summed E-state index contributed by atoms with van der Waals surface area (Å²) in [6.07, 6.45) is 0. The largest absolute Gasteiger partial charge is 0.508 e. The van der Waals surface area contributed by atoms with E-state index in [1.165, 1.54) is 11.8 Å². The quantitative estimate of drug-likeness (QED) is 0.792. The minimum absolute atomic E-state index is 0.0182. The molecular weight excluding hydrogens is 302 g/mol. The number of aromatic amines is 1. The summed E-state index contributed by atoms with van der Waals surface area (Å²) in [7, 11) is 0. The van der Waals surface area contributed by atoms with Crippen molar-refractivity contribution in [2.24, 2.45) is 0 Å². The van der Waals surface area contributed by atoms with Crippen molar-refractivity contribution in [1.29, 1.82) is 0 Å². The third-order valence-electron chi connectivity index (χ3n) is 3.55. The van der Waals surface area contributed by atoms with Crippen molar-refractivity contribution in [3.8, 4) is 5.75 Å². The molecule has 0 fully saturated rings. The number of phenolic OH excluding ortho intramolecular Hbond substituents is 1. The molecule has 1 aromatic carbocycles. The van der Waals surface area contributed by atoms with Crippen LogP contribution in [-0.4, -0.2) is 26.5 Å². The lowest BCUT2D eigenvalue weighted by atomic mass is 10.1. The lowest BCUT2D eigenvalue weighted by Crippen LogP contribution is -2.17. The number of nitrogens with one attached hydrogen (secondary N) is 2. The van der Waals surface area contributed by atoms with Crippen molar-refractivity contribution in [3.05, 3.63) is 45.7 Å².